The van der Waals surface area contributed by atoms with Crippen LogP contribution in [-0.4, -0.2) is 5.78 Å². The molecule has 475 valence electrons. The van der Waals surface area contributed by atoms with E-state index in [-0.39, 0.29) is 10.3 Å². The quantitative estimate of drug-likeness (QED) is 0.0335. The van der Waals surface area contributed by atoms with Crippen molar-refractivity contribution in [2.75, 3.05) is 0 Å². The van der Waals surface area contributed by atoms with Crippen molar-refractivity contribution in [1.29, 1.82) is 0 Å². The molecule has 13 rings (SSSR count). The molecule has 1 nitrogen and oxygen atoms in total. The van der Waals surface area contributed by atoms with Crippen molar-refractivity contribution < 1.29 is 17.1 Å². The molecule has 1 unspecified atom stereocenters. The number of ketones is 1. The van der Waals surface area contributed by atoms with Crippen LogP contribution in [0.25, 0.3) is 0 Å². The Labute approximate surface area is 573 Å². The van der Waals surface area contributed by atoms with E-state index >= 15 is 4.79 Å². The number of carbonyl (C=O) groups excluding carboxylic acids is 1. The molecule has 0 aromatic heterocycles. The van der Waals surface area contributed by atoms with Crippen molar-refractivity contribution in [3.8, 4) is 0 Å². The monoisotopic (exact) mass is 1500 g/mol. The molecule has 0 radical (unpaired) electrons. The summed E-state index contributed by atoms with van der Waals surface area (Å²) in [5, 5.41) is 16.6. The molecule has 0 bridgehead atoms. The van der Waals surface area contributed by atoms with Crippen molar-refractivity contribution in [3.63, 3.8) is 0 Å². The topological polar surface area (TPSA) is 17.1 Å². The number of carbonyl (C=O) groups is 1. The molecule has 0 saturated carbocycles. The van der Waals surface area contributed by atoms with E-state index in [0.29, 0.717) is 18.6 Å². The van der Waals surface area contributed by atoms with Crippen LogP contribution in [0, 0.1) is 9.49 Å². The van der Waals surface area contributed by atoms with Gasteiger partial charge in [0.05, 0.1) is 0 Å². The van der Waals surface area contributed by atoms with Crippen LogP contribution < -0.4 is 63.7 Å². The Balaban J connectivity index is 1.67. The molecule has 0 aliphatic rings. The first kappa shape index (κ1) is 65.3. The molecule has 13 aromatic rings. The molecule has 0 saturated heterocycles. The number of halogens is 1. The normalized spacial score (nSPS) is 13.6. The van der Waals surface area contributed by atoms with Gasteiger partial charge in [-0.25, -0.2) is 0 Å². The minimum atomic E-state index is -6.54. The van der Waals surface area contributed by atoms with Crippen LogP contribution >= 0.6 is 44.4 Å². The van der Waals surface area contributed by atoms with E-state index in [9.17, 15) is 0 Å². The fourth-order valence-electron chi connectivity index (χ4n) is 16.4. The van der Waals surface area contributed by atoms with Gasteiger partial charge in [-0.2, -0.15) is 0 Å². The second-order valence-electron chi connectivity index (χ2n) is 24.1. The fourth-order valence-corrected chi connectivity index (χ4v) is 209. The molecule has 13 aromatic carbocycles. The Kier molecular flexibility index (Phi) is 20.1. The fraction of sp³-hybridized carbons (Fsp3) is 0.0920. The van der Waals surface area contributed by atoms with Crippen LogP contribution in [0.4, 0.5) is 0 Å². The maximum atomic E-state index is 16.8. The van der Waals surface area contributed by atoms with Gasteiger partial charge in [0, 0.05) is 0 Å². The summed E-state index contributed by atoms with van der Waals surface area (Å²) in [7, 11) is 0. The van der Waals surface area contributed by atoms with Gasteiger partial charge in [-0.3, -0.25) is 0 Å². The van der Waals surface area contributed by atoms with Crippen molar-refractivity contribution >= 4 is 114 Å². The zero-order valence-corrected chi connectivity index (χ0v) is 61.2. The third-order valence-electron chi connectivity index (χ3n) is 19.5. The number of hydrogen-bond donors (Lipinski definition) is 0. The zero-order chi connectivity index (χ0) is 64.3. The van der Waals surface area contributed by atoms with E-state index in [0.717, 1.165) is 12.8 Å². The Morgan fingerprint density at radius 2 is 0.447 bits per heavy atom. The van der Waals surface area contributed by atoms with Gasteiger partial charge >= 0.3 is 578 Å². The Morgan fingerprint density at radius 1 is 0.277 bits per heavy atom. The van der Waals surface area contributed by atoms with Gasteiger partial charge in [-0.05, 0) is 0 Å². The molecule has 0 heterocycles. The van der Waals surface area contributed by atoms with E-state index < -0.39 is 34.1 Å². The first-order valence-corrected chi connectivity index (χ1v) is 51.6. The maximum absolute atomic E-state index is 16.8. The van der Waals surface area contributed by atoms with Crippen LogP contribution in [0.3, 0.4) is 0 Å². The van der Waals surface area contributed by atoms with Gasteiger partial charge in [0.1, 0.15) is 0 Å². The third kappa shape index (κ3) is 9.89. The zero-order valence-electron chi connectivity index (χ0n) is 53.5. The number of Topliss-reactive ketones (excluding diaryl/α,β-unsaturated/α-hetero) is 1. The third-order valence-corrected chi connectivity index (χ3v) is 142. The molecule has 0 fully saturated rings. The average molecular weight is 1500 g/mol. The summed E-state index contributed by atoms with van der Waals surface area (Å²) in [4.78, 5) is 16.8. The van der Waals surface area contributed by atoms with Gasteiger partial charge in [-0.1, -0.05) is 0 Å². The van der Waals surface area contributed by atoms with Gasteiger partial charge in [0.25, 0.3) is 0 Å². The summed E-state index contributed by atoms with van der Waals surface area (Å²) in [5.41, 5.74) is -16.9. The first-order valence-electron chi connectivity index (χ1n) is 33.0. The van der Waals surface area contributed by atoms with Crippen LogP contribution in [0.2, 0.25) is 0 Å². The van der Waals surface area contributed by atoms with Crippen LogP contribution in [0.1, 0.15) is 49.5 Å². The summed E-state index contributed by atoms with van der Waals surface area (Å²) in [6.07, 6.45) is 2.51. The molecular weight excluding hydrogens is 1420 g/mol. The van der Waals surface area contributed by atoms with E-state index in [1.165, 1.54) is 72.8 Å². The summed E-state index contributed by atoms with van der Waals surface area (Å²) in [5.74, 6) is 0.223. The van der Waals surface area contributed by atoms with Crippen LogP contribution in [0.15, 0.2) is 388 Å². The van der Waals surface area contributed by atoms with Crippen molar-refractivity contribution in [1.82, 2.24) is 0 Å². The average Bonchev–Trinajstić information content (AvgIpc) is 0.588. The summed E-state index contributed by atoms with van der Waals surface area (Å²) in [6, 6.07) is 157. The number of benzene rings is 13. The van der Waals surface area contributed by atoms with Crippen LogP contribution in [0.5, 0.6) is 0 Å². The van der Waals surface area contributed by atoms with Crippen molar-refractivity contribution in [2.24, 2.45) is 5.92 Å². The van der Waals surface area contributed by atoms with E-state index in [1.54, 1.807) is 0 Å². The summed E-state index contributed by atoms with van der Waals surface area (Å²) >= 11 is -3.74. The Hall–Kier alpha value is -7.36. The Bertz CT molecular complexity index is 3640. The minimum absolute atomic E-state index is 0.122. The van der Waals surface area contributed by atoms with Gasteiger partial charge in [0.2, 0.25) is 0 Å². The predicted octanol–water partition coefficient (Wildman–Crippen LogP) is 17.4. The van der Waals surface area contributed by atoms with E-state index in [4.69, 9.17) is 0 Å². The van der Waals surface area contributed by atoms with Gasteiger partial charge in [0.15, 0.2) is 0 Å². The summed E-state index contributed by atoms with van der Waals surface area (Å²) in [6.45, 7) is 4.47. The molecule has 94 heavy (non-hydrogen) atoms. The van der Waals surface area contributed by atoms with Crippen molar-refractivity contribution in [2.45, 2.75) is 43.9 Å². The van der Waals surface area contributed by atoms with Gasteiger partial charge < -0.3 is 0 Å². The molecule has 0 spiro atoms. The summed E-state index contributed by atoms with van der Waals surface area (Å²) < 4.78 is 0.839. The second-order valence-corrected chi connectivity index (χ2v) is 83.1. The van der Waals surface area contributed by atoms with Crippen molar-refractivity contribution in [3.05, 3.63) is 397 Å². The molecule has 7 heteroatoms. The Morgan fingerprint density at radius 3 is 0.617 bits per heavy atom. The van der Waals surface area contributed by atoms with E-state index in [2.05, 4.69) is 425 Å². The van der Waals surface area contributed by atoms with Gasteiger partial charge in [-0.15, -0.1) is 0 Å². The number of hydrogen-bond acceptors (Lipinski definition) is 1. The molecule has 0 aliphatic carbocycles. The molecule has 0 amide bonds. The standard InChI is InChI=1S/4C18H15P.C15H20IO.Pd/c4*1-4-10-16(11-5-1)19(17-12-6-2-7-13-17)18-14-8-3-9-15-18;1-3-12(4-2)15(17)11-7-9-13-8-5-6-10-14(13)16;/h4*1-15H;5-6,8-10,12H,3-4,7,11H2,1-2H3;/q;;;;;-4/p+4. The first-order chi connectivity index (χ1) is 46.4. The second kappa shape index (κ2) is 28.9. The SMILES string of the molecule is CCC(CC)C(=O)CC[CH](c1ccccc1I)[Pd]([PH](c1ccccc1)(c1ccccc1)c1ccccc1)([PH](c1ccccc1)(c1ccccc1)c1ccccc1)([PH](c1ccccc1)(c1ccccc1)c1ccccc1)[PH](c1ccccc1)(c1ccccc1)c1ccccc1. The number of rotatable bonds is 24. The molecule has 1 atom stereocenters. The van der Waals surface area contributed by atoms with Crippen LogP contribution in [-0.2, 0) is 17.1 Å². The molecule has 0 N–H and O–H groups in total. The molecule has 0 aliphatic heterocycles. The van der Waals surface area contributed by atoms with E-state index in [1.807, 2.05) is 0 Å². The molecular formula is C87H84IOP4Pd. The predicted molar refractivity (Wildman–Crippen MR) is 426 cm³/mol.